The normalized spacial score (nSPS) is 18.4. The molecular formula is C19H22FNO2S. The average Bonchev–Trinajstić information content (AvgIpc) is 3.08. The molecule has 1 aromatic heterocycles. The van der Waals surface area contributed by atoms with Crippen LogP contribution < -0.4 is 0 Å². The highest BCUT2D eigenvalue weighted by Crippen LogP contribution is 2.29. The molecule has 24 heavy (non-hydrogen) atoms. The summed E-state index contributed by atoms with van der Waals surface area (Å²) in [5.41, 5.74) is -0.0688. The molecule has 2 heterocycles. The number of thiophene rings is 1. The summed E-state index contributed by atoms with van der Waals surface area (Å²) in [4.78, 5) is 15.5. The second kappa shape index (κ2) is 7.03. The largest absolute Gasteiger partial charge is 0.389 e. The predicted molar refractivity (Wildman–Crippen MR) is 93.6 cm³/mol. The van der Waals surface area contributed by atoms with Gasteiger partial charge in [-0.3, -0.25) is 4.79 Å². The maximum Gasteiger partial charge on any atom is 0.230 e. The van der Waals surface area contributed by atoms with Crippen molar-refractivity contribution in [1.29, 1.82) is 0 Å². The SMILES string of the molecule is CC(C(=O)N1CCC(O)(Cc2cccc(F)c2)CC1)c1cccs1. The number of nitrogens with zero attached hydrogens (tertiary/aromatic N) is 1. The summed E-state index contributed by atoms with van der Waals surface area (Å²) in [5, 5.41) is 12.8. The van der Waals surface area contributed by atoms with Gasteiger partial charge in [0.2, 0.25) is 5.91 Å². The van der Waals surface area contributed by atoms with E-state index < -0.39 is 5.60 Å². The summed E-state index contributed by atoms with van der Waals surface area (Å²) in [7, 11) is 0. The topological polar surface area (TPSA) is 40.5 Å². The minimum Gasteiger partial charge on any atom is -0.389 e. The molecule has 0 saturated carbocycles. The quantitative estimate of drug-likeness (QED) is 0.918. The number of carbonyl (C=O) groups is 1. The van der Waals surface area contributed by atoms with Gasteiger partial charge < -0.3 is 10.0 Å². The van der Waals surface area contributed by atoms with E-state index in [0.29, 0.717) is 32.4 Å². The number of amides is 1. The van der Waals surface area contributed by atoms with E-state index in [1.807, 2.05) is 35.4 Å². The Balaban J connectivity index is 1.59. The van der Waals surface area contributed by atoms with Crippen LogP contribution in [0, 0.1) is 5.82 Å². The van der Waals surface area contributed by atoms with Gasteiger partial charge in [0.15, 0.2) is 0 Å². The monoisotopic (exact) mass is 347 g/mol. The molecule has 1 fully saturated rings. The first-order chi connectivity index (χ1) is 11.5. The van der Waals surface area contributed by atoms with E-state index in [1.54, 1.807) is 17.4 Å². The highest BCUT2D eigenvalue weighted by atomic mass is 32.1. The molecule has 0 bridgehead atoms. The molecule has 1 aliphatic rings. The second-order valence-corrected chi connectivity index (χ2v) is 7.57. The highest BCUT2D eigenvalue weighted by molar-refractivity contribution is 7.10. The van der Waals surface area contributed by atoms with Gasteiger partial charge in [-0.2, -0.15) is 0 Å². The van der Waals surface area contributed by atoms with Crippen LogP contribution in [0.1, 0.15) is 36.1 Å². The third kappa shape index (κ3) is 3.84. The average molecular weight is 347 g/mol. The van der Waals surface area contributed by atoms with Crippen molar-refractivity contribution in [2.75, 3.05) is 13.1 Å². The molecular weight excluding hydrogens is 325 g/mol. The van der Waals surface area contributed by atoms with E-state index in [9.17, 15) is 14.3 Å². The Morgan fingerprint density at radius 1 is 1.33 bits per heavy atom. The van der Waals surface area contributed by atoms with Crippen LogP contribution in [-0.4, -0.2) is 34.6 Å². The van der Waals surface area contributed by atoms with Crippen LogP contribution in [0.4, 0.5) is 4.39 Å². The molecule has 5 heteroatoms. The van der Waals surface area contributed by atoms with Crippen molar-refractivity contribution in [3.63, 3.8) is 0 Å². The third-order valence-corrected chi connectivity index (χ3v) is 5.82. The van der Waals surface area contributed by atoms with Gasteiger partial charge in [-0.05, 0) is 48.9 Å². The zero-order chi connectivity index (χ0) is 17.2. The number of carbonyl (C=O) groups excluding carboxylic acids is 1. The van der Waals surface area contributed by atoms with E-state index in [4.69, 9.17) is 0 Å². The molecule has 2 aromatic rings. The minimum atomic E-state index is -0.864. The molecule has 1 N–H and O–H groups in total. The van der Waals surface area contributed by atoms with Crippen LogP contribution in [0.5, 0.6) is 0 Å². The molecule has 1 amide bonds. The first-order valence-electron chi connectivity index (χ1n) is 8.26. The van der Waals surface area contributed by atoms with Crippen molar-refractivity contribution in [1.82, 2.24) is 4.90 Å². The smallest absolute Gasteiger partial charge is 0.230 e. The fourth-order valence-electron chi connectivity index (χ4n) is 3.28. The Morgan fingerprint density at radius 3 is 2.71 bits per heavy atom. The van der Waals surface area contributed by atoms with Crippen LogP contribution in [0.25, 0.3) is 0 Å². The lowest BCUT2D eigenvalue weighted by Gasteiger charge is -2.39. The Bertz CT molecular complexity index is 693. The van der Waals surface area contributed by atoms with Gasteiger partial charge in [-0.25, -0.2) is 4.39 Å². The number of aliphatic hydroxyl groups is 1. The number of rotatable bonds is 4. The van der Waals surface area contributed by atoms with E-state index >= 15 is 0 Å². The second-order valence-electron chi connectivity index (χ2n) is 6.59. The zero-order valence-corrected chi connectivity index (χ0v) is 14.6. The summed E-state index contributed by atoms with van der Waals surface area (Å²) >= 11 is 1.59. The molecule has 3 rings (SSSR count). The molecule has 1 aliphatic heterocycles. The maximum absolute atomic E-state index is 13.3. The van der Waals surface area contributed by atoms with Crippen LogP contribution >= 0.6 is 11.3 Å². The minimum absolute atomic E-state index is 0.116. The number of benzene rings is 1. The number of likely N-dealkylation sites (tertiary alicyclic amines) is 1. The van der Waals surface area contributed by atoms with Crippen molar-refractivity contribution in [2.24, 2.45) is 0 Å². The van der Waals surface area contributed by atoms with Gasteiger partial charge in [0.25, 0.3) is 0 Å². The first kappa shape index (κ1) is 17.1. The van der Waals surface area contributed by atoms with Gasteiger partial charge in [0.05, 0.1) is 11.5 Å². The maximum atomic E-state index is 13.3. The van der Waals surface area contributed by atoms with Crippen LogP contribution in [-0.2, 0) is 11.2 Å². The van der Waals surface area contributed by atoms with Crippen LogP contribution in [0.15, 0.2) is 41.8 Å². The lowest BCUT2D eigenvalue weighted by molar-refractivity contribution is -0.136. The first-order valence-corrected chi connectivity index (χ1v) is 9.14. The Kier molecular flexibility index (Phi) is 5.01. The molecule has 0 aliphatic carbocycles. The lowest BCUT2D eigenvalue weighted by atomic mass is 9.85. The molecule has 3 nitrogen and oxygen atoms in total. The summed E-state index contributed by atoms with van der Waals surface area (Å²) in [5.74, 6) is -0.307. The fourth-order valence-corrected chi connectivity index (χ4v) is 4.06. The molecule has 128 valence electrons. The van der Waals surface area contributed by atoms with Gasteiger partial charge in [0.1, 0.15) is 5.82 Å². The van der Waals surface area contributed by atoms with E-state index in [2.05, 4.69) is 0 Å². The van der Waals surface area contributed by atoms with Crippen molar-refractivity contribution in [3.05, 3.63) is 58.0 Å². The third-order valence-electron chi connectivity index (χ3n) is 4.77. The van der Waals surface area contributed by atoms with Gasteiger partial charge in [-0.1, -0.05) is 18.2 Å². The van der Waals surface area contributed by atoms with Gasteiger partial charge in [0, 0.05) is 24.4 Å². The lowest BCUT2D eigenvalue weighted by Crippen LogP contribution is -2.48. The summed E-state index contributed by atoms with van der Waals surface area (Å²) in [6.45, 7) is 3.02. The van der Waals surface area contributed by atoms with Crippen molar-refractivity contribution in [3.8, 4) is 0 Å². The van der Waals surface area contributed by atoms with Gasteiger partial charge >= 0.3 is 0 Å². The van der Waals surface area contributed by atoms with E-state index in [-0.39, 0.29) is 17.6 Å². The predicted octanol–water partition coefficient (Wildman–Crippen LogP) is 3.59. The Labute approximate surface area is 145 Å². The Hall–Kier alpha value is -1.72. The van der Waals surface area contributed by atoms with Crippen molar-refractivity contribution >= 4 is 17.2 Å². The zero-order valence-electron chi connectivity index (χ0n) is 13.7. The standard InChI is InChI=1S/C19H22FNO2S/c1-14(17-6-3-11-24-17)18(22)21-9-7-19(23,8-10-21)13-15-4-2-5-16(20)12-15/h2-6,11-12,14,23H,7-10,13H2,1H3. The van der Waals surface area contributed by atoms with E-state index in [1.165, 1.54) is 12.1 Å². The molecule has 1 aromatic carbocycles. The summed E-state index contributed by atoms with van der Waals surface area (Å²) in [6.07, 6.45) is 1.46. The number of hydrogen-bond acceptors (Lipinski definition) is 3. The molecule has 1 saturated heterocycles. The highest BCUT2D eigenvalue weighted by Gasteiger charge is 2.35. The fraction of sp³-hybridized carbons (Fsp3) is 0.421. The number of piperidine rings is 1. The van der Waals surface area contributed by atoms with E-state index in [0.717, 1.165) is 10.4 Å². The van der Waals surface area contributed by atoms with Crippen molar-refractivity contribution < 1.29 is 14.3 Å². The summed E-state index contributed by atoms with van der Waals surface area (Å²) in [6, 6.07) is 10.3. The van der Waals surface area contributed by atoms with Crippen LogP contribution in [0.3, 0.4) is 0 Å². The molecule has 0 radical (unpaired) electrons. The van der Waals surface area contributed by atoms with Crippen molar-refractivity contribution in [2.45, 2.75) is 37.7 Å². The Morgan fingerprint density at radius 2 is 2.08 bits per heavy atom. The molecule has 1 atom stereocenters. The molecule has 1 unspecified atom stereocenters. The van der Waals surface area contributed by atoms with Crippen LogP contribution in [0.2, 0.25) is 0 Å². The number of hydrogen-bond donors (Lipinski definition) is 1. The van der Waals surface area contributed by atoms with Gasteiger partial charge in [-0.15, -0.1) is 11.3 Å². The number of halogens is 1. The summed E-state index contributed by atoms with van der Waals surface area (Å²) < 4.78 is 13.3. The molecule has 0 spiro atoms.